The first-order valence-electron chi connectivity index (χ1n) is 9.52. The molecular formula is C20H24N6O3. The third-order valence-corrected chi connectivity index (χ3v) is 5.26. The third kappa shape index (κ3) is 3.48. The molecule has 4 heterocycles. The average molecular weight is 396 g/mol. The highest BCUT2D eigenvalue weighted by Crippen LogP contribution is 2.48. The molecule has 0 radical (unpaired) electrons. The number of ether oxygens (including phenoxy) is 1. The number of hydrogen-bond donors (Lipinski definition) is 2. The number of amides is 1. The van der Waals surface area contributed by atoms with Gasteiger partial charge in [-0.1, -0.05) is 20.8 Å². The standard InChI is InChI=1S/C20H24N6O3/c1-20(2,3)16-14-13(10-26(16)19(27)28)24-17(12-8-22-18(21)23-9-12)25-15(14)11-4-6-29-7-5-11/h4,6,8-9,11,16H,5,7,10H2,1-3H3,(H,27,28)(H2,21,22,23). The first kappa shape index (κ1) is 19.1. The van der Waals surface area contributed by atoms with Crippen LogP contribution in [-0.4, -0.2) is 42.6 Å². The molecule has 2 aromatic rings. The third-order valence-electron chi connectivity index (χ3n) is 5.26. The molecule has 152 valence electrons. The molecule has 1 amide bonds. The van der Waals surface area contributed by atoms with Crippen LogP contribution in [0.4, 0.5) is 10.7 Å². The van der Waals surface area contributed by atoms with Gasteiger partial charge >= 0.3 is 6.09 Å². The maximum absolute atomic E-state index is 12.0. The van der Waals surface area contributed by atoms with Gasteiger partial charge in [-0.3, -0.25) is 4.90 Å². The van der Waals surface area contributed by atoms with E-state index in [0.29, 0.717) is 18.0 Å². The van der Waals surface area contributed by atoms with E-state index in [1.54, 1.807) is 18.7 Å². The van der Waals surface area contributed by atoms with E-state index in [4.69, 9.17) is 20.4 Å². The number of carbonyl (C=O) groups is 1. The van der Waals surface area contributed by atoms with Crippen molar-refractivity contribution in [2.24, 2.45) is 5.41 Å². The number of nitrogens with two attached hydrogens (primary N) is 1. The molecule has 2 aliphatic heterocycles. The van der Waals surface area contributed by atoms with Gasteiger partial charge in [-0.15, -0.1) is 0 Å². The zero-order valence-corrected chi connectivity index (χ0v) is 16.7. The van der Waals surface area contributed by atoms with Crippen LogP contribution in [0.5, 0.6) is 0 Å². The predicted octanol–water partition coefficient (Wildman–Crippen LogP) is 3.11. The van der Waals surface area contributed by atoms with Crippen molar-refractivity contribution in [3.05, 3.63) is 41.7 Å². The van der Waals surface area contributed by atoms with Gasteiger partial charge in [0.1, 0.15) is 0 Å². The monoisotopic (exact) mass is 396 g/mol. The number of aromatic nitrogens is 4. The van der Waals surface area contributed by atoms with Gasteiger partial charge in [0.2, 0.25) is 5.95 Å². The van der Waals surface area contributed by atoms with Gasteiger partial charge < -0.3 is 15.6 Å². The van der Waals surface area contributed by atoms with E-state index in [-0.39, 0.29) is 29.9 Å². The summed E-state index contributed by atoms with van der Waals surface area (Å²) in [6.45, 7) is 6.91. The van der Waals surface area contributed by atoms with Crippen LogP contribution in [0, 0.1) is 5.41 Å². The Morgan fingerprint density at radius 1 is 1.28 bits per heavy atom. The Hall–Kier alpha value is -3.23. The Morgan fingerprint density at radius 3 is 2.59 bits per heavy atom. The fourth-order valence-corrected chi connectivity index (χ4v) is 4.04. The van der Waals surface area contributed by atoms with Crippen molar-refractivity contribution in [1.82, 2.24) is 24.8 Å². The summed E-state index contributed by atoms with van der Waals surface area (Å²) in [4.78, 5) is 31.1. The number of anilines is 1. The summed E-state index contributed by atoms with van der Waals surface area (Å²) in [5.74, 6) is 0.665. The van der Waals surface area contributed by atoms with Gasteiger partial charge in [-0.25, -0.2) is 24.7 Å². The van der Waals surface area contributed by atoms with Crippen molar-refractivity contribution in [2.75, 3.05) is 12.3 Å². The topological polar surface area (TPSA) is 127 Å². The molecule has 2 atom stereocenters. The summed E-state index contributed by atoms with van der Waals surface area (Å²) >= 11 is 0. The number of nitrogens with zero attached hydrogens (tertiary/aromatic N) is 5. The fraction of sp³-hybridized carbons (Fsp3) is 0.450. The molecule has 0 saturated carbocycles. The molecule has 0 aromatic carbocycles. The lowest BCUT2D eigenvalue weighted by molar-refractivity contribution is 0.0893. The average Bonchev–Trinajstić information content (AvgIpc) is 3.09. The van der Waals surface area contributed by atoms with E-state index in [2.05, 4.69) is 9.97 Å². The van der Waals surface area contributed by atoms with Crippen LogP contribution in [0.2, 0.25) is 0 Å². The predicted molar refractivity (Wildman–Crippen MR) is 106 cm³/mol. The lowest BCUT2D eigenvalue weighted by Crippen LogP contribution is -2.36. The van der Waals surface area contributed by atoms with Crippen LogP contribution in [0.1, 0.15) is 56.1 Å². The van der Waals surface area contributed by atoms with Crippen molar-refractivity contribution in [2.45, 2.75) is 45.7 Å². The number of rotatable bonds is 2. The zero-order valence-electron chi connectivity index (χ0n) is 16.7. The van der Waals surface area contributed by atoms with Crippen LogP contribution < -0.4 is 5.73 Å². The minimum absolute atomic E-state index is 0.0209. The first-order valence-corrected chi connectivity index (χ1v) is 9.52. The molecule has 9 nitrogen and oxygen atoms in total. The molecular weight excluding hydrogens is 372 g/mol. The van der Waals surface area contributed by atoms with Crippen LogP contribution in [-0.2, 0) is 11.3 Å². The summed E-state index contributed by atoms with van der Waals surface area (Å²) in [6, 6.07) is -0.335. The van der Waals surface area contributed by atoms with E-state index in [0.717, 1.165) is 23.4 Å². The molecule has 0 aliphatic carbocycles. The lowest BCUT2D eigenvalue weighted by Gasteiger charge is -2.35. The van der Waals surface area contributed by atoms with E-state index < -0.39 is 6.09 Å². The molecule has 0 fully saturated rings. The quantitative estimate of drug-likeness (QED) is 0.792. The second kappa shape index (κ2) is 6.98. The highest BCUT2D eigenvalue weighted by Gasteiger charge is 2.45. The summed E-state index contributed by atoms with van der Waals surface area (Å²) < 4.78 is 5.36. The smallest absolute Gasteiger partial charge is 0.408 e. The molecule has 2 aliphatic rings. The number of fused-ring (bicyclic) bond motifs is 1. The zero-order chi connectivity index (χ0) is 20.8. The summed E-state index contributed by atoms with van der Waals surface area (Å²) in [7, 11) is 0. The molecule has 3 N–H and O–H groups in total. The highest BCUT2D eigenvalue weighted by molar-refractivity contribution is 5.68. The van der Waals surface area contributed by atoms with Crippen LogP contribution in [0.3, 0.4) is 0 Å². The van der Waals surface area contributed by atoms with Gasteiger partial charge in [0.05, 0.1) is 42.4 Å². The van der Waals surface area contributed by atoms with Gasteiger partial charge in [0, 0.05) is 23.9 Å². The van der Waals surface area contributed by atoms with Crippen molar-refractivity contribution in [1.29, 1.82) is 0 Å². The van der Waals surface area contributed by atoms with Crippen molar-refractivity contribution in [3.63, 3.8) is 0 Å². The van der Waals surface area contributed by atoms with Gasteiger partial charge in [0.25, 0.3) is 0 Å². The molecule has 0 saturated heterocycles. The van der Waals surface area contributed by atoms with E-state index in [1.807, 2.05) is 26.8 Å². The minimum atomic E-state index is -0.964. The maximum atomic E-state index is 12.0. The largest absolute Gasteiger partial charge is 0.501 e. The Morgan fingerprint density at radius 2 is 2.00 bits per heavy atom. The van der Waals surface area contributed by atoms with E-state index in [9.17, 15) is 9.90 Å². The van der Waals surface area contributed by atoms with Crippen LogP contribution in [0.15, 0.2) is 24.7 Å². The van der Waals surface area contributed by atoms with Crippen LogP contribution in [0.25, 0.3) is 11.4 Å². The highest BCUT2D eigenvalue weighted by atomic mass is 16.5. The van der Waals surface area contributed by atoms with E-state index >= 15 is 0 Å². The number of allylic oxidation sites excluding steroid dienone is 1. The number of hydrogen-bond acceptors (Lipinski definition) is 7. The second-order valence-corrected chi connectivity index (χ2v) is 8.40. The van der Waals surface area contributed by atoms with Gasteiger partial charge in [-0.05, 0) is 17.9 Å². The molecule has 0 spiro atoms. The summed E-state index contributed by atoms with van der Waals surface area (Å²) in [6.07, 6.45) is 6.62. The minimum Gasteiger partial charge on any atom is -0.501 e. The molecule has 0 bridgehead atoms. The van der Waals surface area contributed by atoms with Crippen molar-refractivity contribution < 1.29 is 14.6 Å². The second-order valence-electron chi connectivity index (χ2n) is 8.40. The molecule has 9 heteroatoms. The Kier molecular flexibility index (Phi) is 4.60. The van der Waals surface area contributed by atoms with Crippen molar-refractivity contribution in [3.8, 4) is 11.4 Å². The molecule has 4 rings (SSSR count). The molecule has 2 unspecified atom stereocenters. The first-order chi connectivity index (χ1) is 13.8. The number of carboxylic acid groups (broad SMARTS) is 1. The van der Waals surface area contributed by atoms with E-state index in [1.165, 1.54) is 4.90 Å². The van der Waals surface area contributed by atoms with Gasteiger partial charge in [0.15, 0.2) is 5.82 Å². The Bertz CT molecular complexity index is 967. The summed E-state index contributed by atoms with van der Waals surface area (Å²) in [5.41, 5.74) is 8.39. The Balaban J connectivity index is 1.92. The maximum Gasteiger partial charge on any atom is 0.408 e. The van der Waals surface area contributed by atoms with Crippen molar-refractivity contribution >= 4 is 12.0 Å². The normalized spacial score (nSPS) is 21.0. The lowest BCUT2D eigenvalue weighted by atomic mass is 9.80. The SMILES string of the molecule is CC(C)(C)C1c2c(nc(-c3cnc(N)nc3)nc2C2C=COCC2)CN1C(=O)O. The Labute approximate surface area is 168 Å². The summed E-state index contributed by atoms with van der Waals surface area (Å²) in [5, 5.41) is 9.85. The van der Waals surface area contributed by atoms with Crippen LogP contribution >= 0.6 is 0 Å². The molecule has 2 aromatic heterocycles. The fourth-order valence-electron chi connectivity index (χ4n) is 4.04. The number of nitrogen functional groups attached to an aromatic ring is 1. The molecule has 29 heavy (non-hydrogen) atoms. The van der Waals surface area contributed by atoms with Gasteiger partial charge in [-0.2, -0.15) is 0 Å².